The fourth-order valence-corrected chi connectivity index (χ4v) is 5.71. The second kappa shape index (κ2) is 8.29. The van der Waals surface area contributed by atoms with Crippen LogP contribution >= 0.6 is 11.3 Å². The van der Waals surface area contributed by atoms with Crippen LogP contribution < -0.4 is 9.47 Å². The van der Waals surface area contributed by atoms with Crippen molar-refractivity contribution in [1.29, 1.82) is 0 Å². The molecule has 1 aliphatic heterocycles. The molecule has 1 saturated heterocycles. The van der Waals surface area contributed by atoms with Crippen molar-refractivity contribution in [1.82, 2.24) is 4.90 Å². The number of piperidine rings is 1. The molecule has 1 aromatic heterocycles. The quantitative estimate of drug-likeness (QED) is 0.753. The van der Waals surface area contributed by atoms with Crippen LogP contribution in [0.4, 0.5) is 0 Å². The van der Waals surface area contributed by atoms with Gasteiger partial charge in [0.1, 0.15) is 11.9 Å². The minimum Gasteiger partial charge on any atom is -0.496 e. The monoisotopic (exact) mass is 403 g/mol. The van der Waals surface area contributed by atoms with Crippen LogP contribution in [-0.4, -0.2) is 48.3 Å². The number of likely N-dealkylation sites (tertiary alicyclic amines) is 1. The van der Waals surface area contributed by atoms with E-state index in [1.807, 2.05) is 19.1 Å². The van der Waals surface area contributed by atoms with Crippen LogP contribution in [-0.2, 0) is 0 Å². The Balaban J connectivity index is 1.52. The molecule has 2 aliphatic rings. The van der Waals surface area contributed by atoms with E-state index in [4.69, 9.17) is 9.47 Å². The van der Waals surface area contributed by atoms with E-state index in [2.05, 4.69) is 4.90 Å². The van der Waals surface area contributed by atoms with Crippen LogP contribution in [0.15, 0.2) is 12.1 Å². The number of benzene rings is 1. The maximum atomic E-state index is 11.8. The molecule has 6 heteroatoms. The number of hydrogen-bond donors (Lipinski definition) is 1. The Morgan fingerprint density at radius 2 is 1.86 bits per heavy atom. The SMILES string of the molecule is COc1cc2c(OC3CCN(C4CCCCC4)CC3)c(C(=O)O)sc2cc1C. The highest BCUT2D eigenvalue weighted by molar-refractivity contribution is 7.21. The molecule has 152 valence electrons. The predicted octanol–water partition coefficient (Wildman–Crippen LogP) is 5.09. The second-order valence-electron chi connectivity index (χ2n) is 8.03. The number of fused-ring (bicyclic) bond motifs is 1. The summed E-state index contributed by atoms with van der Waals surface area (Å²) in [6.45, 7) is 4.06. The van der Waals surface area contributed by atoms with Crippen LogP contribution in [0, 0.1) is 6.92 Å². The molecule has 5 nitrogen and oxygen atoms in total. The fourth-order valence-electron chi connectivity index (χ4n) is 4.65. The van der Waals surface area contributed by atoms with Gasteiger partial charge in [0.05, 0.1) is 7.11 Å². The summed E-state index contributed by atoms with van der Waals surface area (Å²) in [6, 6.07) is 4.64. The van der Waals surface area contributed by atoms with E-state index in [0.29, 0.717) is 5.75 Å². The van der Waals surface area contributed by atoms with Crippen LogP contribution in [0.1, 0.15) is 60.2 Å². The first kappa shape index (κ1) is 19.5. The maximum Gasteiger partial charge on any atom is 0.349 e. The molecular formula is C22H29NO4S. The zero-order chi connectivity index (χ0) is 19.7. The number of carbonyl (C=O) groups is 1. The number of nitrogens with zero attached hydrogens (tertiary/aromatic N) is 1. The molecule has 0 spiro atoms. The van der Waals surface area contributed by atoms with E-state index in [0.717, 1.165) is 53.4 Å². The van der Waals surface area contributed by atoms with E-state index < -0.39 is 5.97 Å². The van der Waals surface area contributed by atoms with Gasteiger partial charge in [-0.05, 0) is 50.3 Å². The van der Waals surface area contributed by atoms with Crippen molar-refractivity contribution in [2.75, 3.05) is 20.2 Å². The molecule has 1 saturated carbocycles. The standard InChI is InChI=1S/C22H29NO4S/c1-14-12-19-17(13-18(14)26-2)20(21(28-19)22(24)25)27-16-8-10-23(11-9-16)15-6-4-3-5-7-15/h12-13,15-16H,3-11H2,1-2H3,(H,24,25). The average Bonchev–Trinajstić information content (AvgIpc) is 3.06. The Labute approximate surface area is 170 Å². The van der Waals surface area contributed by atoms with Crippen molar-refractivity contribution >= 4 is 27.4 Å². The highest BCUT2D eigenvalue weighted by atomic mass is 32.1. The van der Waals surface area contributed by atoms with Gasteiger partial charge < -0.3 is 19.5 Å². The Bertz CT molecular complexity index is 848. The Kier molecular flexibility index (Phi) is 5.78. The lowest BCUT2D eigenvalue weighted by atomic mass is 9.92. The van der Waals surface area contributed by atoms with Crippen molar-refractivity contribution in [2.45, 2.75) is 64.0 Å². The van der Waals surface area contributed by atoms with Gasteiger partial charge in [0.25, 0.3) is 0 Å². The summed E-state index contributed by atoms with van der Waals surface area (Å²) in [5.74, 6) is 0.355. The number of thiophene rings is 1. The van der Waals surface area contributed by atoms with E-state index in [9.17, 15) is 9.90 Å². The van der Waals surface area contributed by atoms with Crippen LogP contribution in [0.3, 0.4) is 0 Å². The summed E-state index contributed by atoms with van der Waals surface area (Å²) in [4.78, 5) is 14.7. The third-order valence-electron chi connectivity index (χ3n) is 6.21. The van der Waals surface area contributed by atoms with Crippen molar-refractivity contribution in [3.63, 3.8) is 0 Å². The highest BCUT2D eigenvalue weighted by Gasteiger charge is 2.29. The van der Waals surface area contributed by atoms with Gasteiger partial charge in [-0.3, -0.25) is 0 Å². The van der Waals surface area contributed by atoms with Crippen LogP contribution in [0.25, 0.3) is 10.1 Å². The Morgan fingerprint density at radius 1 is 1.14 bits per heavy atom. The van der Waals surface area contributed by atoms with Gasteiger partial charge in [-0.1, -0.05) is 19.3 Å². The largest absolute Gasteiger partial charge is 0.496 e. The van der Waals surface area contributed by atoms with Gasteiger partial charge in [0.2, 0.25) is 0 Å². The molecule has 0 bridgehead atoms. The third kappa shape index (κ3) is 3.85. The van der Waals surface area contributed by atoms with Crippen LogP contribution in [0.2, 0.25) is 0 Å². The van der Waals surface area contributed by atoms with Gasteiger partial charge in [-0.15, -0.1) is 11.3 Å². The summed E-state index contributed by atoms with van der Waals surface area (Å²) in [5.41, 5.74) is 1.00. The Morgan fingerprint density at radius 3 is 2.50 bits per heavy atom. The minimum absolute atomic E-state index is 0.0723. The number of hydrogen-bond acceptors (Lipinski definition) is 5. The molecule has 2 heterocycles. The van der Waals surface area contributed by atoms with Crippen molar-refractivity contribution < 1.29 is 19.4 Å². The summed E-state index contributed by atoms with van der Waals surface area (Å²) < 4.78 is 12.7. The number of aromatic carboxylic acids is 1. The molecule has 4 rings (SSSR count). The van der Waals surface area contributed by atoms with Gasteiger partial charge in [-0.2, -0.15) is 0 Å². The van der Waals surface area contributed by atoms with Gasteiger partial charge in [0.15, 0.2) is 10.6 Å². The lowest BCUT2D eigenvalue weighted by Crippen LogP contribution is -2.44. The lowest BCUT2D eigenvalue weighted by Gasteiger charge is -2.39. The molecule has 1 N–H and O–H groups in total. The summed E-state index contributed by atoms with van der Waals surface area (Å²) in [5, 5.41) is 10.5. The van der Waals surface area contributed by atoms with Gasteiger partial charge in [0, 0.05) is 29.2 Å². The zero-order valence-electron chi connectivity index (χ0n) is 16.7. The van der Waals surface area contributed by atoms with Crippen molar-refractivity contribution in [2.24, 2.45) is 0 Å². The highest BCUT2D eigenvalue weighted by Crippen LogP contribution is 2.42. The average molecular weight is 404 g/mol. The number of rotatable bonds is 5. The molecule has 1 aromatic carbocycles. The van der Waals surface area contributed by atoms with Crippen LogP contribution in [0.5, 0.6) is 11.5 Å². The molecule has 28 heavy (non-hydrogen) atoms. The molecule has 0 radical (unpaired) electrons. The lowest BCUT2D eigenvalue weighted by molar-refractivity contribution is 0.0605. The number of carboxylic acid groups (broad SMARTS) is 1. The number of aryl methyl sites for hydroxylation is 1. The summed E-state index contributed by atoms with van der Waals surface area (Å²) in [7, 11) is 1.64. The van der Waals surface area contributed by atoms with Crippen molar-refractivity contribution in [3.8, 4) is 11.5 Å². The molecule has 0 unspecified atom stereocenters. The van der Waals surface area contributed by atoms with E-state index in [1.54, 1.807) is 7.11 Å². The molecule has 2 aromatic rings. The van der Waals surface area contributed by atoms with Gasteiger partial charge in [-0.25, -0.2) is 4.79 Å². The number of methoxy groups -OCH3 is 1. The van der Waals surface area contributed by atoms with Gasteiger partial charge >= 0.3 is 5.97 Å². The first-order chi connectivity index (χ1) is 13.6. The first-order valence-corrected chi connectivity index (χ1v) is 11.1. The van der Waals surface area contributed by atoms with E-state index in [-0.39, 0.29) is 11.0 Å². The normalized spacial score (nSPS) is 19.8. The van der Waals surface area contributed by atoms with Crippen molar-refractivity contribution in [3.05, 3.63) is 22.6 Å². The fraction of sp³-hybridized carbons (Fsp3) is 0.591. The third-order valence-corrected chi connectivity index (χ3v) is 7.33. The molecule has 0 atom stereocenters. The predicted molar refractivity (Wildman–Crippen MR) is 112 cm³/mol. The smallest absolute Gasteiger partial charge is 0.349 e. The number of carboxylic acids is 1. The first-order valence-electron chi connectivity index (χ1n) is 10.3. The molecule has 2 fully saturated rings. The maximum absolute atomic E-state index is 11.8. The molecule has 0 amide bonds. The summed E-state index contributed by atoms with van der Waals surface area (Å²) in [6.07, 6.45) is 8.71. The zero-order valence-corrected chi connectivity index (χ0v) is 17.5. The molecule has 1 aliphatic carbocycles. The van der Waals surface area contributed by atoms with E-state index >= 15 is 0 Å². The minimum atomic E-state index is -0.924. The Hall–Kier alpha value is -1.79. The topological polar surface area (TPSA) is 59.0 Å². The number of ether oxygens (including phenoxy) is 2. The summed E-state index contributed by atoms with van der Waals surface area (Å²) >= 11 is 1.29. The second-order valence-corrected chi connectivity index (χ2v) is 9.08. The molecular weight excluding hydrogens is 374 g/mol. The van der Waals surface area contributed by atoms with E-state index in [1.165, 1.54) is 43.4 Å².